The summed E-state index contributed by atoms with van der Waals surface area (Å²) in [6.45, 7) is 12.2. The van der Waals surface area contributed by atoms with Crippen LogP contribution < -0.4 is 5.32 Å². The first-order valence-corrected chi connectivity index (χ1v) is 20.8. The van der Waals surface area contributed by atoms with Gasteiger partial charge in [-0.3, -0.25) is 19.2 Å². The largest absolute Gasteiger partial charge is 0.460 e. The number of halogens is 2. The molecule has 0 saturated heterocycles. The minimum Gasteiger partial charge on any atom is -0.460 e. The first kappa shape index (κ1) is 47.0. The van der Waals surface area contributed by atoms with Gasteiger partial charge in [-0.1, -0.05) is 20.8 Å². The predicted octanol–water partition coefficient (Wildman–Crippen LogP) is 6.59. The summed E-state index contributed by atoms with van der Waals surface area (Å²) in [6.07, 6.45) is -3.26. The first-order valence-electron chi connectivity index (χ1n) is 18.3. The number of esters is 5. The maximum atomic E-state index is 13.6. The van der Waals surface area contributed by atoms with Crippen LogP contribution in [0.2, 0.25) is 0 Å². The molecule has 6 atom stereocenters. The summed E-state index contributed by atoms with van der Waals surface area (Å²) in [5, 5.41) is 16.7. The van der Waals surface area contributed by atoms with Crippen molar-refractivity contribution >= 4 is 81.6 Å². The molecular weight excluding hydrogens is 813 g/mol. The van der Waals surface area contributed by atoms with E-state index in [1.54, 1.807) is 6.92 Å². The van der Waals surface area contributed by atoms with Crippen LogP contribution in [0.3, 0.4) is 0 Å². The van der Waals surface area contributed by atoms with Crippen molar-refractivity contribution in [2.24, 2.45) is 11.8 Å². The molecule has 3 heterocycles. The predicted molar refractivity (Wildman–Crippen MR) is 207 cm³/mol. The number of hydrogen-bond donors (Lipinski definition) is 2. The number of hydrogen-bond acceptors (Lipinski definition) is 16. The molecule has 1 amide bonds. The van der Waals surface area contributed by atoms with Crippen LogP contribution in [0.4, 0.5) is 0 Å². The second-order valence-corrected chi connectivity index (χ2v) is 18.4. The Bertz CT molecular complexity index is 1690. The van der Waals surface area contributed by atoms with Crippen molar-refractivity contribution in [3.05, 3.63) is 32.2 Å². The molecule has 1 aliphatic rings. The van der Waals surface area contributed by atoms with Gasteiger partial charge in [0.2, 0.25) is 5.91 Å². The fourth-order valence-corrected chi connectivity index (χ4v) is 7.73. The summed E-state index contributed by atoms with van der Waals surface area (Å²) in [5.74, 6) is -5.45. The van der Waals surface area contributed by atoms with E-state index in [0.717, 1.165) is 22.7 Å². The third-order valence-corrected chi connectivity index (χ3v) is 10.7. The summed E-state index contributed by atoms with van der Waals surface area (Å²) in [7, 11) is 0. The Labute approximate surface area is 344 Å². The normalized spacial score (nSPS) is 20.9. The fraction of sp³-hybridized carbons (Fsp3) is 0.676. The SMILES string of the molecule is CCCC(=O)N[C@@H](CC(C)C)C(CC(=O)OC1COC(=O)c2csc(n2)[C@H](C(C)(C)O)OC(=O)[C@@H](C)[C@H](CCCC(C)(Cl)Cl)OC(=O)c2csc1n2)OC(C)=O. The maximum Gasteiger partial charge on any atom is 0.358 e. The lowest BCUT2D eigenvalue weighted by Gasteiger charge is -2.30. The Hall–Kier alpha value is -3.38. The number of nitrogens with one attached hydrogen (secondary N) is 1. The topological polar surface area (TPSA) is 207 Å². The first-order chi connectivity index (χ1) is 26.1. The van der Waals surface area contributed by atoms with Crippen molar-refractivity contribution in [3.8, 4) is 0 Å². The number of fused-ring (bicyclic) bond motifs is 4. The van der Waals surface area contributed by atoms with Crippen LogP contribution in [0.25, 0.3) is 0 Å². The van der Waals surface area contributed by atoms with Crippen LogP contribution in [-0.4, -0.2) is 85.6 Å². The molecule has 2 unspecified atom stereocenters. The highest BCUT2D eigenvalue weighted by Crippen LogP contribution is 2.35. The van der Waals surface area contributed by atoms with Crippen LogP contribution in [0, 0.1) is 11.8 Å². The van der Waals surface area contributed by atoms with Gasteiger partial charge in [0, 0.05) is 24.1 Å². The van der Waals surface area contributed by atoms with Crippen LogP contribution in [-0.2, 0) is 42.9 Å². The maximum absolute atomic E-state index is 13.6. The molecule has 1 aliphatic heterocycles. The van der Waals surface area contributed by atoms with E-state index < -0.39 is 89.2 Å². The fourth-order valence-electron chi connectivity index (χ4n) is 5.67. The highest BCUT2D eigenvalue weighted by molar-refractivity contribution is 7.10. The Morgan fingerprint density at radius 3 is 2.25 bits per heavy atom. The van der Waals surface area contributed by atoms with Gasteiger partial charge in [-0.15, -0.1) is 45.9 Å². The van der Waals surface area contributed by atoms with Crippen molar-refractivity contribution in [1.82, 2.24) is 15.3 Å². The molecule has 56 heavy (non-hydrogen) atoms. The molecule has 0 saturated carbocycles. The zero-order valence-corrected chi connectivity index (χ0v) is 35.9. The Kier molecular flexibility index (Phi) is 17.5. The summed E-state index contributed by atoms with van der Waals surface area (Å²) >= 11 is 14.2. The number of cyclic esters (lactones) is 3. The number of aromatic nitrogens is 2. The van der Waals surface area contributed by atoms with Crippen LogP contribution in [0.15, 0.2) is 10.8 Å². The molecule has 19 heteroatoms. The number of amides is 1. The minimum atomic E-state index is -1.66. The number of carbonyl (C=O) groups excluding carboxylic acids is 6. The Balaban J connectivity index is 2.01. The number of alkyl halides is 2. The number of ether oxygens (including phenoxy) is 5. The number of carbonyl (C=O) groups is 6. The highest BCUT2D eigenvalue weighted by Gasteiger charge is 2.39. The molecular formula is C37H51Cl2N3O12S2. The lowest BCUT2D eigenvalue weighted by Crippen LogP contribution is -2.47. The molecule has 0 spiro atoms. The molecule has 312 valence electrons. The average Bonchev–Trinajstić information content (AvgIpc) is 3.77. The van der Waals surface area contributed by atoms with E-state index in [4.69, 9.17) is 46.9 Å². The average molecular weight is 865 g/mol. The molecule has 3 rings (SSSR count). The van der Waals surface area contributed by atoms with E-state index in [1.165, 1.54) is 38.5 Å². The lowest BCUT2D eigenvalue weighted by molar-refractivity contribution is -0.171. The molecule has 0 radical (unpaired) electrons. The second kappa shape index (κ2) is 20.9. The number of thiazole rings is 2. The van der Waals surface area contributed by atoms with Crippen molar-refractivity contribution in [2.45, 2.75) is 141 Å². The molecule has 15 nitrogen and oxygen atoms in total. The van der Waals surface area contributed by atoms with Crippen LogP contribution in [0.1, 0.15) is 144 Å². The highest BCUT2D eigenvalue weighted by atomic mass is 35.5. The standard InChI is InChI=1S/C37H51Cl2N3O12S2/c1-9-11-28(44)40-22(14-19(2)3)26(51-21(5)43)15-29(45)52-27-16-50-34(47)23-17-56-32(42-23)30(36(6,7)49)54-33(46)20(4)25(12-10-13-37(8,38)39)53-35(48)24-18-55-31(27)41-24/h17-20,22,25-27,30,49H,9-16H2,1-8H3,(H,40,44)/t20-,22-,25-,26?,27?,30+/m0/s1. The Morgan fingerprint density at radius 2 is 1.66 bits per heavy atom. The summed E-state index contributed by atoms with van der Waals surface area (Å²) in [4.78, 5) is 87.3. The third kappa shape index (κ3) is 14.8. The van der Waals surface area contributed by atoms with E-state index in [0.29, 0.717) is 25.7 Å². The Morgan fingerprint density at radius 1 is 1.04 bits per heavy atom. The van der Waals surface area contributed by atoms with Crippen molar-refractivity contribution in [1.29, 1.82) is 0 Å². The van der Waals surface area contributed by atoms with Gasteiger partial charge in [-0.2, -0.15) is 0 Å². The quantitative estimate of drug-likeness (QED) is 0.110. The second-order valence-electron chi connectivity index (χ2n) is 14.8. The minimum absolute atomic E-state index is 0.0550. The smallest absolute Gasteiger partial charge is 0.358 e. The number of aliphatic hydroxyl groups is 1. The van der Waals surface area contributed by atoms with Gasteiger partial charge in [-0.25, -0.2) is 19.6 Å². The van der Waals surface area contributed by atoms with Crippen molar-refractivity contribution < 1.29 is 57.6 Å². The summed E-state index contributed by atoms with van der Waals surface area (Å²) in [5.41, 5.74) is -2.01. The molecule has 4 bridgehead atoms. The summed E-state index contributed by atoms with van der Waals surface area (Å²) in [6, 6.07) is -0.717. The van der Waals surface area contributed by atoms with Gasteiger partial charge in [0.05, 0.1) is 18.4 Å². The zero-order chi connectivity index (χ0) is 42.0. The van der Waals surface area contributed by atoms with Gasteiger partial charge in [0.25, 0.3) is 0 Å². The molecule has 0 aromatic carbocycles. The van der Waals surface area contributed by atoms with E-state index in [1.807, 2.05) is 20.8 Å². The van der Waals surface area contributed by atoms with Crippen LogP contribution >= 0.6 is 45.9 Å². The van der Waals surface area contributed by atoms with E-state index >= 15 is 0 Å². The third-order valence-electron chi connectivity index (χ3n) is 8.45. The van der Waals surface area contributed by atoms with E-state index in [2.05, 4.69) is 15.3 Å². The molecule has 2 aromatic heterocycles. The van der Waals surface area contributed by atoms with Gasteiger partial charge in [-0.05, 0) is 65.7 Å². The lowest BCUT2D eigenvalue weighted by atomic mass is 9.96. The molecule has 2 N–H and O–H groups in total. The number of nitrogens with zero attached hydrogens (tertiary/aromatic N) is 2. The molecule has 2 aromatic rings. The van der Waals surface area contributed by atoms with Gasteiger partial charge in [0.15, 0.2) is 23.6 Å². The molecule has 0 aliphatic carbocycles. The van der Waals surface area contributed by atoms with Crippen molar-refractivity contribution in [3.63, 3.8) is 0 Å². The monoisotopic (exact) mass is 863 g/mol. The van der Waals surface area contributed by atoms with Gasteiger partial charge in [0.1, 0.15) is 38.8 Å². The van der Waals surface area contributed by atoms with E-state index in [9.17, 15) is 33.9 Å². The van der Waals surface area contributed by atoms with Crippen molar-refractivity contribution in [2.75, 3.05) is 6.61 Å². The molecule has 0 fully saturated rings. The van der Waals surface area contributed by atoms with Gasteiger partial charge < -0.3 is 34.1 Å². The number of rotatable bonds is 15. The van der Waals surface area contributed by atoms with Gasteiger partial charge >= 0.3 is 29.8 Å². The van der Waals surface area contributed by atoms with E-state index in [-0.39, 0.29) is 46.1 Å². The summed E-state index contributed by atoms with van der Waals surface area (Å²) < 4.78 is 27.3. The van der Waals surface area contributed by atoms with Crippen LogP contribution in [0.5, 0.6) is 0 Å². The zero-order valence-electron chi connectivity index (χ0n) is 32.8.